The van der Waals surface area contributed by atoms with Gasteiger partial charge in [-0.2, -0.15) is 0 Å². The summed E-state index contributed by atoms with van der Waals surface area (Å²) in [7, 11) is -2.78. The Morgan fingerprint density at radius 2 is 2.33 bits per heavy atom. The summed E-state index contributed by atoms with van der Waals surface area (Å²) >= 11 is 0. The lowest BCUT2D eigenvalue weighted by Gasteiger charge is -2.08. The number of nitrogens with zero attached hydrogens (tertiary/aromatic N) is 1. The molecule has 0 aromatic heterocycles. The fourth-order valence-corrected chi connectivity index (χ4v) is 3.47. The van der Waals surface area contributed by atoms with Crippen LogP contribution in [0.4, 0.5) is 0 Å². The second kappa shape index (κ2) is 5.32. The molecule has 15 heavy (non-hydrogen) atoms. The van der Waals surface area contributed by atoms with Gasteiger partial charge in [0.15, 0.2) is 9.84 Å². The Morgan fingerprint density at radius 3 is 2.87 bits per heavy atom. The van der Waals surface area contributed by atoms with Crippen molar-refractivity contribution in [3.8, 4) is 0 Å². The second-order valence-corrected chi connectivity index (χ2v) is 6.04. The third kappa shape index (κ3) is 4.48. The fraction of sp³-hybridized carbons (Fsp3) is 0.875. The van der Waals surface area contributed by atoms with Gasteiger partial charge >= 0.3 is 0 Å². The predicted octanol–water partition coefficient (Wildman–Crippen LogP) is -0.853. The van der Waals surface area contributed by atoms with E-state index in [1.54, 1.807) is 0 Å². The number of hydrogen-bond acceptors (Lipinski definition) is 5. The first-order valence-corrected chi connectivity index (χ1v) is 6.73. The number of nitrogens with one attached hydrogen (secondary N) is 1. The Labute approximate surface area is 89.4 Å². The van der Waals surface area contributed by atoms with Gasteiger partial charge in [0.2, 0.25) is 0 Å². The number of oxime groups is 1. The SMILES string of the molecule is NC(CCNCC1CCS(=O)(=O)C1)=NO. The summed E-state index contributed by atoms with van der Waals surface area (Å²) in [4.78, 5) is 0. The highest BCUT2D eigenvalue weighted by atomic mass is 32.2. The predicted molar refractivity (Wildman–Crippen MR) is 57.7 cm³/mol. The molecule has 0 spiro atoms. The van der Waals surface area contributed by atoms with Crippen molar-refractivity contribution in [1.29, 1.82) is 0 Å². The first-order chi connectivity index (χ1) is 7.03. The molecule has 4 N–H and O–H groups in total. The Kier molecular flexibility index (Phi) is 4.34. The topological polar surface area (TPSA) is 105 Å². The van der Waals surface area contributed by atoms with Gasteiger partial charge in [-0.05, 0) is 18.9 Å². The molecule has 0 saturated carbocycles. The first-order valence-electron chi connectivity index (χ1n) is 4.91. The van der Waals surface area contributed by atoms with Crippen LogP contribution in [0, 0.1) is 5.92 Å². The van der Waals surface area contributed by atoms with Gasteiger partial charge in [0.1, 0.15) is 5.84 Å². The van der Waals surface area contributed by atoms with E-state index in [-0.39, 0.29) is 17.5 Å². The Morgan fingerprint density at radius 1 is 1.60 bits per heavy atom. The highest BCUT2D eigenvalue weighted by molar-refractivity contribution is 7.91. The minimum atomic E-state index is -2.78. The number of hydrogen-bond donors (Lipinski definition) is 3. The molecule has 1 fully saturated rings. The summed E-state index contributed by atoms with van der Waals surface area (Å²) in [5.74, 6) is 0.979. The van der Waals surface area contributed by atoms with Crippen LogP contribution in [0.1, 0.15) is 12.8 Å². The van der Waals surface area contributed by atoms with Gasteiger partial charge in [-0.1, -0.05) is 5.16 Å². The lowest BCUT2D eigenvalue weighted by atomic mass is 10.1. The van der Waals surface area contributed by atoms with E-state index in [4.69, 9.17) is 10.9 Å². The monoisotopic (exact) mass is 235 g/mol. The van der Waals surface area contributed by atoms with Crippen molar-refractivity contribution in [2.45, 2.75) is 12.8 Å². The minimum absolute atomic E-state index is 0.182. The molecule has 1 aliphatic heterocycles. The van der Waals surface area contributed by atoms with Gasteiger partial charge < -0.3 is 16.3 Å². The maximum absolute atomic E-state index is 11.1. The maximum Gasteiger partial charge on any atom is 0.150 e. The quantitative estimate of drug-likeness (QED) is 0.189. The molecule has 1 aliphatic rings. The summed E-state index contributed by atoms with van der Waals surface area (Å²) in [6.07, 6.45) is 1.20. The van der Waals surface area contributed by atoms with Crippen molar-refractivity contribution in [2.75, 3.05) is 24.6 Å². The highest BCUT2D eigenvalue weighted by Crippen LogP contribution is 2.17. The third-order valence-corrected chi connectivity index (χ3v) is 4.28. The summed E-state index contributed by atoms with van der Waals surface area (Å²) in [6, 6.07) is 0. The number of amidine groups is 1. The van der Waals surface area contributed by atoms with E-state index in [0.29, 0.717) is 25.3 Å². The first kappa shape index (κ1) is 12.3. The Balaban J connectivity index is 2.12. The van der Waals surface area contributed by atoms with Crippen LogP contribution in [0.25, 0.3) is 0 Å². The molecule has 1 unspecified atom stereocenters. The molecule has 6 nitrogen and oxygen atoms in total. The molecule has 1 atom stereocenters. The molecule has 0 amide bonds. The van der Waals surface area contributed by atoms with Crippen LogP contribution in [0.3, 0.4) is 0 Å². The molecule has 0 aromatic carbocycles. The van der Waals surface area contributed by atoms with Crippen molar-refractivity contribution in [3.63, 3.8) is 0 Å². The fourth-order valence-electron chi connectivity index (χ4n) is 1.61. The van der Waals surface area contributed by atoms with E-state index in [0.717, 1.165) is 6.42 Å². The van der Waals surface area contributed by atoms with Crippen LogP contribution >= 0.6 is 0 Å². The molecule has 7 heteroatoms. The van der Waals surface area contributed by atoms with E-state index in [9.17, 15) is 8.42 Å². The maximum atomic E-state index is 11.1. The molecule has 1 saturated heterocycles. The standard InChI is InChI=1S/C8H17N3O3S/c9-8(11-12)1-3-10-5-7-2-4-15(13,14)6-7/h7,10,12H,1-6H2,(H2,9,11). The smallest absolute Gasteiger partial charge is 0.150 e. The van der Waals surface area contributed by atoms with Crippen molar-refractivity contribution in [2.24, 2.45) is 16.8 Å². The Hall–Kier alpha value is -0.820. The summed E-state index contributed by atoms with van der Waals surface area (Å²) in [6.45, 7) is 1.28. The van der Waals surface area contributed by atoms with E-state index < -0.39 is 9.84 Å². The average Bonchev–Trinajstić information content (AvgIpc) is 2.52. The molecule has 0 radical (unpaired) electrons. The highest BCUT2D eigenvalue weighted by Gasteiger charge is 2.27. The normalized spacial score (nSPS) is 25.6. The van der Waals surface area contributed by atoms with Crippen LogP contribution in [0.5, 0.6) is 0 Å². The second-order valence-electron chi connectivity index (χ2n) is 3.81. The number of sulfone groups is 1. The van der Waals surface area contributed by atoms with Gasteiger partial charge in [0.25, 0.3) is 0 Å². The van der Waals surface area contributed by atoms with E-state index in [1.165, 1.54) is 0 Å². The summed E-state index contributed by atoms with van der Waals surface area (Å²) in [5, 5.41) is 14.2. The zero-order chi connectivity index (χ0) is 11.3. The van der Waals surface area contributed by atoms with Gasteiger partial charge in [0.05, 0.1) is 11.5 Å². The molecule has 88 valence electrons. The number of rotatable bonds is 5. The molecular weight excluding hydrogens is 218 g/mol. The average molecular weight is 235 g/mol. The lowest BCUT2D eigenvalue weighted by molar-refractivity contribution is 0.316. The van der Waals surface area contributed by atoms with Crippen LogP contribution in [-0.2, 0) is 9.84 Å². The minimum Gasteiger partial charge on any atom is -0.409 e. The molecule has 0 bridgehead atoms. The van der Waals surface area contributed by atoms with Crippen LogP contribution < -0.4 is 11.1 Å². The van der Waals surface area contributed by atoms with Crippen LogP contribution in [-0.4, -0.2) is 44.1 Å². The van der Waals surface area contributed by atoms with E-state index in [1.807, 2.05) is 0 Å². The summed E-state index contributed by atoms with van der Waals surface area (Å²) < 4.78 is 22.3. The van der Waals surface area contributed by atoms with Crippen LogP contribution in [0.15, 0.2) is 5.16 Å². The third-order valence-electron chi connectivity index (χ3n) is 2.45. The van der Waals surface area contributed by atoms with Crippen LogP contribution in [0.2, 0.25) is 0 Å². The molecule has 1 rings (SSSR count). The lowest BCUT2D eigenvalue weighted by Crippen LogP contribution is -2.27. The molecule has 0 aliphatic carbocycles. The largest absolute Gasteiger partial charge is 0.409 e. The molecule has 0 aromatic rings. The van der Waals surface area contributed by atoms with Crippen molar-refractivity contribution >= 4 is 15.7 Å². The molecule has 1 heterocycles. The van der Waals surface area contributed by atoms with Gasteiger partial charge in [-0.15, -0.1) is 0 Å². The van der Waals surface area contributed by atoms with Gasteiger partial charge in [-0.3, -0.25) is 0 Å². The summed E-state index contributed by atoms with van der Waals surface area (Å²) in [5.41, 5.74) is 5.27. The van der Waals surface area contributed by atoms with E-state index >= 15 is 0 Å². The Bertz CT molecular complexity index is 326. The van der Waals surface area contributed by atoms with Crippen molar-refractivity contribution in [3.05, 3.63) is 0 Å². The number of nitrogens with two attached hydrogens (primary N) is 1. The zero-order valence-electron chi connectivity index (χ0n) is 8.52. The zero-order valence-corrected chi connectivity index (χ0v) is 9.33. The van der Waals surface area contributed by atoms with Crippen molar-refractivity contribution in [1.82, 2.24) is 5.32 Å². The molecular formula is C8H17N3O3S. The van der Waals surface area contributed by atoms with Gasteiger partial charge in [-0.25, -0.2) is 8.42 Å². The van der Waals surface area contributed by atoms with Crippen molar-refractivity contribution < 1.29 is 13.6 Å². The van der Waals surface area contributed by atoms with E-state index in [2.05, 4.69) is 10.5 Å². The van der Waals surface area contributed by atoms with Gasteiger partial charge in [0, 0.05) is 13.0 Å².